The summed E-state index contributed by atoms with van der Waals surface area (Å²) in [7, 11) is 0. The van der Waals surface area contributed by atoms with Crippen LogP contribution >= 0.6 is 0 Å². The van der Waals surface area contributed by atoms with Crippen LogP contribution in [-0.4, -0.2) is 5.78 Å². The Kier molecular flexibility index (Phi) is 5.56. The topological polar surface area (TPSA) is 26.3 Å². The van der Waals surface area contributed by atoms with E-state index in [4.69, 9.17) is 4.74 Å². The molecule has 0 N–H and O–H groups in total. The van der Waals surface area contributed by atoms with E-state index in [0.29, 0.717) is 18.9 Å². The van der Waals surface area contributed by atoms with E-state index in [1.807, 2.05) is 54.6 Å². The highest BCUT2D eigenvalue weighted by Crippen LogP contribution is 2.18. The summed E-state index contributed by atoms with van der Waals surface area (Å²) in [5.41, 5.74) is 1.86. The van der Waals surface area contributed by atoms with Gasteiger partial charge in [0.05, 0.1) is 0 Å². The summed E-state index contributed by atoms with van der Waals surface area (Å²) >= 11 is 0. The van der Waals surface area contributed by atoms with Crippen molar-refractivity contribution in [2.24, 2.45) is 5.92 Å². The molecular weight excluding hydrogens is 260 g/mol. The Bertz CT molecular complexity index is 575. The molecule has 0 aliphatic carbocycles. The Balaban J connectivity index is 1.99. The number of carbonyl (C=O) groups excluding carboxylic acids is 1. The second-order valence-corrected chi connectivity index (χ2v) is 5.44. The average molecular weight is 282 g/mol. The summed E-state index contributed by atoms with van der Waals surface area (Å²) in [5, 5.41) is 0. The molecule has 2 aromatic carbocycles. The zero-order valence-electron chi connectivity index (χ0n) is 12.7. The van der Waals surface area contributed by atoms with Gasteiger partial charge >= 0.3 is 0 Å². The van der Waals surface area contributed by atoms with Gasteiger partial charge in [-0.1, -0.05) is 62.7 Å². The van der Waals surface area contributed by atoms with Crippen molar-refractivity contribution in [1.82, 2.24) is 0 Å². The smallest absolute Gasteiger partial charge is 0.163 e. The maximum Gasteiger partial charge on any atom is 0.163 e. The second-order valence-electron chi connectivity index (χ2n) is 5.44. The highest BCUT2D eigenvalue weighted by Gasteiger charge is 2.10. The van der Waals surface area contributed by atoms with Crippen molar-refractivity contribution >= 4 is 5.78 Å². The Labute approximate surface area is 126 Å². The fraction of sp³-hybridized carbons (Fsp3) is 0.316. The van der Waals surface area contributed by atoms with Crippen LogP contribution in [0.2, 0.25) is 0 Å². The predicted molar refractivity (Wildman–Crippen MR) is 85.6 cm³/mol. The lowest BCUT2D eigenvalue weighted by Gasteiger charge is -2.10. The van der Waals surface area contributed by atoms with E-state index >= 15 is 0 Å². The van der Waals surface area contributed by atoms with Gasteiger partial charge in [-0.2, -0.15) is 0 Å². The van der Waals surface area contributed by atoms with Crippen molar-refractivity contribution in [2.75, 3.05) is 0 Å². The van der Waals surface area contributed by atoms with E-state index in [-0.39, 0.29) is 5.78 Å². The molecule has 0 spiro atoms. The molecule has 0 bridgehead atoms. The summed E-state index contributed by atoms with van der Waals surface area (Å²) in [5.74, 6) is 1.36. The van der Waals surface area contributed by atoms with Gasteiger partial charge in [-0.15, -0.1) is 0 Å². The van der Waals surface area contributed by atoms with Crippen molar-refractivity contribution in [2.45, 2.75) is 33.3 Å². The number of carbonyl (C=O) groups is 1. The van der Waals surface area contributed by atoms with Crippen molar-refractivity contribution < 1.29 is 9.53 Å². The highest BCUT2D eigenvalue weighted by molar-refractivity contribution is 5.96. The average Bonchev–Trinajstić information content (AvgIpc) is 2.54. The maximum absolute atomic E-state index is 12.2. The Morgan fingerprint density at radius 1 is 1.10 bits per heavy atom. The fourth-order valence-electron chi connectivity index (χ4n) is 2.08. The lowest BCUT2D eigenvalue weighted by atomic mass is 9.98. The second kappa shape index (κ2) is 7.63. The molecule has 1 atom stereocenters. The normalized spacial score (nSPS) is 11.9. The third-order valence-corrected chi connectivity index (χ3v) is 3.64. The van der Waals surface area contributed by atoms with Crippen LogP contribution in [0.3, 0.4) is 0 Å². The third-order valence-electron chi connectivity index (χ3n) is 3.64. The molecule has 1 unspecified atom stereocenters. The molecule has 0 amide bonds. The molecule has 0 saturated heterocycles. The van der Waals surface area contributed by atoms with Gasteiger partial charge in [0.15, 0.2) is 5.78 Å². The first kappa shape index (κ1) is 15.3. The molecule has 21 heavy (non-hydrogen) atoms. The summed E-state index contributed by atoms with van der Waals surface area (Å²) in [6.45, 7) is 4.73. The minimum atomic E-state index is 0.189. The lowest BCUT2D eigenvalue weighted by molar-refractivity contribution is 0.0963. The van der Waals surface area contributed by atoms with Crippen molar-refractivity contribution in [3.8, 4) is 5.75 Å². The molecule has 0 radical (unpaired) electrons. The van der Waals surface area contributed by atoms with E-state index in [1.54, 1.807) is 0 Å². The summed E-state index contributed by atoms with van der Waals surface area (Å²) in [4.78, 5) is 12.2. The number of ketones is 1. The van der Waals surface area contributed by atoms with Gasteiger partial charge in [0, 0.05) is 12.0 Å². The summed E-state index contributed by atoms with van der Waals surface area (Å²) < 4.78 is 5.76. The number of rotatable bonds is 7. The molecule has 2 aromatic rings. The molecule has 0 aromatic heterocycles. The standard InChI is InChI=1S/C19H22O2/c1-3-15(2)12-19(20)17-10-7-11-18(13-17)21-14-16-8-5-4-6-9-16/h4-11,13,15H,3,12,14H2,1-2H3. The van der Waals surface area contributed by atoms with E-state index in [0.717, 1.165) is 23.3 Å². The molecular formula is C19H22O2. The van der Waals surface area contributed by atoms with Gasteiger partial charge in [0.25, 0.3) is 0 Å². The molecule has 0 saturated carbocycles. The molecule has 0 fully saturated rings. The molecule has 2 heteroatoms. The Hall–Kier alpha value is -2.09. The molecule has 2 rings (SSSR count). The quantitative estimate of drug-likeness (QED) is 0.676. The number of hydrogen-bond acceptors (Lipinski definition) is 2. The van der Waals surface area contributed by atoms with Gasteiger partial charge in [0.1, 0.15) is 12.4 Å². The van der Waals surface area contributed by atoms with E-state index < -0.39 is 0 Å². The minimum absolute atomic E-state index is 0.189. The Morgan fingerprint density at radius 2 is 1.86 bits per heavy atom. The number of benzene rings is 2. The van der Waals surface area contributed by atoms with Crippen LogP contribution < -0.4 is 4.74 Å². The fourth-order valence-corrected chi connectivity index (χ4v) is 2.08. The van der Waals surface area contributed by atoms with Crippen LogP contribution in [0.4, 0.5) is 0 Å². The van der Waals surface area contributed by atoms with Crippen molar-refractivity contribution in [1.29, 1.82) is 0 Å². The largest absolute Gasteiger partial charge is 0.489 e. The first-order valence-corrected chi connectivity index (χ1v) is 7.49. The van der Waals surface area contributed by atoms with Gasteiger partial charge < -0.3 is 4.74 Å². The molecule has 2 nitrogen and oxygen atoms in total. The van der Waals surface area contributed by atoms with Gasteiger partial charge in [-0.25, -0.2) is 0 Å². The number of Topliss-reactive ketones (excluding diaryl/α,β-unsaturated/α-hetero) is 1. The van der Waals surface area contributed by atoms with Crippen LogP contribution in [0, 0.1) is 5.92 Å². The van der Waals surface area contributed by atoms with Crippen LogP contribution in [0.15, 0.2) is 54.6 Å². The molecule has 0 heterocycles. The first-order valence-electron chi connectivity index (χ1n) is 7.49. The maximum atomic E-state index is 12.2. The van der Waals surface area contributed by atoms with Crippen molar-refractivity contribution in [3.05, 3.63) is 65.7 Å². The van der Waals surface area contributed by atoms with Crippen LogP contribution in [0.5, 0.6) is 5.75 Å². The lowest BCUT2D eigenvalue weighted by Crippen LogP contribution is -2.05. The van der Waals surface area contributed by atoms with E-state index in [1.165, 1.54) is 0 Å². The molecule has 0 aliphatic rings. The third kappa shape index (κ3) is 4.75. The van der Waals surface area contributed by atoms with E-state index in [9.17, 15) is 4.79 Å². The first-order chi connectivity index (χ1) is 10.2. The van der Waals surface area contributed by atoms with E-state index in [2.05, 4.69) is 13.8 Å². The number of ether oxygens (including phenoxy) is 1. The monoisotopic (exact) mass is 282 g/mol. The molecule has 0 aliphatic heterocycles. The highest BCUT2D eigenvalue weighted by atomic mass is 16.5. The minimum Gasteiger partial charge on any atom is -0.489 e. The molecule has 110 valence electrons. The zero-order chi connectivity index (χ0) is 15.1. The van der Waals surface area contributed by atoms with Gasteiger partial charge in [-0.05, 0) is 23.6 Å². The van der Waals surface area contributed by atoms with Crippen molar-refractivity contribution in [3.63, 3.8) is 0 Å². The van der Waals surface area contributed by atoms with Crippen LogP contribution in [0.1, 0.15) is 42.6 Å². The van der Waals surface area contributed by atoms with Gasteiger partial charge in [-0.3, -0.25) is 4.79 Å². The SMILES string of the molecule is CCC(C)CC(=O)c1cccc(OCc2ccccc2)c1. The predicted octanol–water partition coefficient (Wildman–Crippen LogP) is 4.88. The summed E-state index contributed by atoms with van der Waals surface area (Å²) in [6, 6.07) is 17.5. The van der Waals surface area contributed by atoms with Crippen LogP contribution in [-0.2, 0) is 6.61 Å². The van der Waals surface area contributed by atoms with Crippen LogP contribution in [0.25, 0.3) is 0 Å². The number of hydrogen-bond donors (Lipinski definition) is 0. The summed E-state index contributed by atoms with van der Waals surface area (Å²) in [6.07, 6.45) is 1.62. The Morgan fingerprint density at radius 3 is 2.57 bits per heavy atom. The van der Waals surface area contributed by atoms with Gasteiger partial charge in [0.2, 0.25) is 0 Å². The zero-order valence-corrected chi connectivity index (χ0v) is 12.7.